The Morgan fingerprint density at radius 2 is 2.12 bits per heavy atom. The molecule has 1 amide bonds. The van der Waals surface area contributed by atoms with Gasteiger partial charge in [-0.2, -0.15) is 0 Å². The van der Waals surface area contributed by atoms with Gasteiger partial charge in [0.1, 0.15) is 0 Å². The Labute approximate surface area is 95.1 Å². The first-order valence-corrected chi connectivity index (χ1v) is 5.66. The molecule has 0 aromatic heterocycles. The number of nitrogens with zero attached hydrogens (tertiary/aromatic N) is 1. The van der Waals surface area contributed by atoms with Crippen molar-refractivity contribution in [2.75, 3.05) is 13.1 Å². The summed E-state index contributed by atoms with van der Waals surface area (Å²) in [4.78, 5) is 23.8. The van der Waals surface area contributed by atoms with Crippen molar-refractivity contribution in [1.82, 2.24) is 4.90 Å². The molecule has 5 heteroatoms. The number of carbonyl (C=O) groups is 2. The fourth-order valence-corrected chi connectivity index (χ4v) is 1.98. The first-order valence-electron chi connectivity index (χ1n) is 5.66. The summed E-state index contributed by atoms with van der Waals surface area (Å²) in [5, 5.41) is 18.0. The van der Waals surface area contributed by atoms with E-state index in [1.807, 2.05) is 0 Å². The van der Waals surface area contributed by atoms with Gasteiger partial charge < -0.3 is 15.1 Å². The number of amides is 1. The van der Waals surface area contributed by atoms with Crippen LogP contribution in [0.2, 0.25) is 0 Å². The number of aliphatic carboxylic acids is 1. The molecule has 1 heterocycles. The van der Waals surface area contributed by atoms with Crippen LogP contribution >= 0.6 is 0 Å². The van der Waals surface area contributed by atoms with Crippen LogP contribution in [0.15, 0.2) is 0 Å². The Bertz CT molecular complexity index is 267. The molecule has 1 fully saturated rings. The fraction of sp³-hybridized carbons (Fsp3) is 0.818. The number of rotatable bonds is 4. The molecular formula is C11H19NO4. The van der Waals surface area contributed by atoms with Gasteiger partial charge in [-0.25, -0.2) is 0 Å². The second-order valence-electron chi connectivity index (χ2n) is 4.54. The summed E-state index contributed by atoms with van der Waals surface area (Å²) in [5.74, 6) is -1.07. The first-order chi connectivity index (χ1) is 7.49. The zero-order valence-corrected chi connectivity index (χ0v) is 9.56. The quantitative estimate of drug-likeness (QED) is 0.734. The number of carboxylic acid groups (broad SMARTS) is 1. The van der Waals surface area contributed by atoms with Crippen LogP contribution in [0.1, 0.15) is 32.6 Å². The van der Waals surface area contributed by atoms with Gasteiger partial charge in [0.05, 0.1) is 6.10 Å². The lowest BCUT2D eigenvalue weighted by Crippen LogP contribution is -2.42. The summed E-state index contributed by atoms with van der Waals surface area (Å²) < 4.78 is 0. The van der Waals surface area contributed by atoms with Crippen molar-refractivity contribution in [3.8, 4) is 0 Å². The maximum Gasteiger partial charge on any atom is 0.303 e. The molecule has 0 aliphatic carbocycles. The van der Waals surface area contributed by atoms with E-state index in [4.69, 9.17) is 5.11 Å². The van der Waals surface area contributed by atoms with Crippen molar-refractivity contribution < 1.29 is 19.8 Å². The number of hydrogen-bond donors (Lipinski definition) is 2. The van der Waals surface area contributed by atoms with E-state index in [0.717, 1.165) is 12.8 Å². The monoisotopic (exact) mass is 229 g/mol. The topological polar surface area (TPSA) is 77.8 Å². The average Bonchev–Trinajstić information content (AvgIpc) is 2.16. The lowest BCUT2D eigenvalue weighted by molar-refractivity contribution is -0.139. The third kappa shape index (κ3) is 4.18. The van der Waals surface area contributed by atoms with Gasteiger partial charge >= 0.3 is 5.97 Å². The Morgan fingerprint density at radius 3 is 2.69 bits per heavy atom. The van der Waals surface area contributed by atoms with Crippen LogP contribution in [0, 0.1) is 5.92 Å². The molecule has 2 N–H and O–H groups in total. The van der Waals surface area contributed by atoms with Gasteiger partial charge in [-0.3, -0.25) is 9.59 Å². The van der Waals surface area contributed by atoms with Crippen LogP contribution in [0.25, 0.3) is 0 Å². The Morgan fingerprint density at radius 1 is 1.44 bits per heavy atom. The van der Waals surface area contributed by atoms with E-state index in [2.05, 4.69) is 0 Å². The van der Waals surface area contributed by atoms with E-state index in [0.29, 0.717) is 13.1 Å². The molecule has 1 saturated heterocycles. The van der Waals surface area contributed by atoms with E-state index in [9.17, 15) is 14.7 Å². The second-order valence-corrected chi connectivity index (χ2v) is 4.54. The van der Waals surface area contributed by atoms with Crippen LogP contribution in [-0.2, 0) is 9.59 Å². The highest BCUT2D eigenvalue weighted by molar-refractivity contribution is 5.77. The number of β-amino-alcohol motifs (C(OH)–C–C–N with tert-alkyl or cyclic N) is 1. The standard InChI is InChI=1S/C11H19NO4/c1-8(6-11(15)16)5-10(14)12-4-2-3-9(13)7-12/h8-9,13H,2-7H2,1H3,(H,15,16). The lowest BCUT2D eigenvalue weighted by atomic mass is 10.0. The molecule has 92 valence electrons. The molecule has 0 spiro atoms. The SMILES string of the molecule is CC(CC(=O)O)CC(=O)N1CCCC(O)C1. The van der Waals surface area contributed by atoms with Crippen LogP contribution < -0.4 is 0 Å². The van der Waals surface area contributed by atoms with E-state index >= 15 is 0 Å². The maximum absolute atomic E-state index is 11.8. The van der Waals surface area contributed by atoms with Gasteiger partial charge in [0, 0.05) is 25.9 Å². The van der Waals surface area contributed by atoms with Crippen LogP contribution in [-0.4, -0.2) is 46.2 Å². The van der Waals surface area contributed by atoms with Gasteiger partial charge in [0.25, 0.3) is 0 Å². The van der Waals surface area contributed by atoms with Gasteiger partial charge in [-0.1, -0.05) is 6.92 Å². The molecule has 1 aliphatic rings. The summed E-state index contributed by atoms with van der Waals surface area (Å²) in [6.45, 7) is 2.82. The van der Waals surface area contributed by atoms with Crippen molar-refractivity contribution in [3.05, 3.63) is 0 Å². The molecule has 1 aliphatic heterocycles. The molecule has 16 heavy (non-hydrogen) atoms. The summed E-state index contributed by atoms with van der Waals surface area (Å²) in [6, 6.07) is 0. The second kappa shape index (κ2) is 5.84. The predicted molar refractivity (Wildman–Crippen MR) is 57.9 cm³/mol. The zero-order chi connectivity index (χ0) is 12.1. The Hall–Kier alpha value is -1.10. The van der Waals surface area contributed by atoms with E-state index < -0.39 is 12.1 Å². The minimum atomic E-state index is -0.876. The molecule has 5 nitrogen and oxygen atoms in total. The molecule has 0 bridgehead atoms. The number of aliphatic hydroxyl groups is 1. The summed E-state index contributed by atoms with van der Waals surface area (Å²) in [5.41, 5.74) is 0. The fourth-order valence-electron chi connectivity index (χ4n) is 1.98. The number of carboxylic acids is 1. The largest absolute Gasteiger partial charge is 0.481 e. The van der Waals surface area contributed by atoms with E-state index in [1.54, 1.807) is 11.8 Å². The Balaban J connectivity index is 2.36. The van der Waals surface area contributed by atoms with Crippen LogP contribution in [0.3, 0.4) is 0 Å². The van der Waals surface area contributed by atoms with Gasteiger partial charge in [0.15, 0.2) is 0 Å². The van der Waals surface area contributed by atoms with Crippen molar-refractivity contribution >= 4 is 11.9 Å². The number of piperidine rings is 1. The van der Waals surface area contributed by atoms with Gasteiger partial charge in [0.2, 0.25) is 5.91 Å². The maximum atomic E-state index is 11.8. The summed E-state index contributed by atoms with van der Waals surface area (Å²) in [7, 11) is 0. The van der Waals surface area contributed by atoms with Crippen molar-refractivity contribution in [1.29, 1.82) is 0 Å². The van der Waals surface area contributed by atoms with Crippen LogP contribution in [0.5, 0.6) is 0 Å². The lowest BCUT2D eigenvalue weighted by Gasteiger charge is -2.30. The van der Waals surface area contributed by atoms with Crippen molar-refractivity contribution in [3.63, 3.8) is 0 Å². The summed E-state index contributed by atoms with van der Waals surface area (Å²) in [6.07, 6.45) is 1.41. The number of carbonyl (C=O) groups excluding carboxylic acids is 1. The molecule has 0 aromatic rings. The zero-order valence-electron chi connectivity index (χ0n) is 9.56. The third-order valence-electron chi connectivity index (χ3n) is 2.80. The molecule has 0 radical (unpaired) electrons. The third-order valence-corrected chi connectivity index (χ3v) is 2.80. The Kier molecular flexibility index (Phi) is 4.73. The van der Waals surface area contributed by atoms with Gasteiger partial charge in [-0.05, 0) is 18.8 Å². The minimum Gasteiger partial charge on any atom is -0.481 e. The average molecular weight is 229 g/mol. The number of aliphatic hydroxyl groups excluding tert-OH is 1. The minimum absolute atomic E-state index is 0.0160. The first kappa shape index (κ1) is 13.0. The molecular weight excluding hydrogens is 210 g/mol. The highest BCUT2D eigenvalue weighted by Crippen LogP contribution is 2.15. The highest BCUT2D eigenvalue weighted by atomic mass is 16.4. The van der Waals surface area contributed by atoms with Crippen molar-refractivity contribution in [2.24, 2.45) is 5.92 Å². The summed E-state index contributed by atoms with van der Waals surface area (Å²) >= 11 is 0. The van der Waals surface area contributed by atoms with E-state index in [1.165, 1.54) is 0 Å². The number of hydrogen-bond acceptors (Lipinski definition) is 3. The van der Waals surface area contributed by atoms with Gasteiger partial charge in [-0.15, -0.1) is 0 Å². The molecule has 2 atom stereocenters. The van der Waals surface area contributed by atoms with Crippen molar-refractivity contribution in [2.45, 2.75) is 38.7 Å². The predicted octanol–water partition coefficient (Wildman–Crippen LogP) is 0.471. The number of likely N-dealkylation sites (tertiary alicyclic amines) is 1. The molecule has 2 unspecified atom stereocenters. The molecule has 0 saturated carbocycles. The normalized spacial score (nSPS) is 22.9. The molecule has 1 rings (SSSR count). The van der Waals surface area contributed by atoms with E-state index in [-0.39, 0.29) is 24.7 Å². The highest BCUT2D eigenvalue weighted by Gasteiger charge is 2.23. The smallest absolute Gasteiger partial charge is 0.303 e. The molecule has 0 aromatic carbocycles. The van der Waals surface area contributed by atoms with Crippen LogP contribution in [0.4, 0.5) is 0 Å².